The van der Waals surface area contributed by atoms with Gasteiger partial charge in [0.15, 0.2) is 0 Å². The monoisotopic (exact) mass is 224 g/mol. The van der Waals surface area contributed by atoms with E-state index in [9.17, 15) is 8.78 Å². The molecule has 1 aromatic heterocycles. The summed E-state index contributed by atoms with van der Waals surface area (Å²) in [7, 11) is 0. The molecule has 1 saturated heterocycles. The Morgan fingerprint density at radius 2 is 1.88 bits per heavy atom. The van der Waals surface area contributed by atoms with Crippen molar-refractivity contribution in [3.8, 4) is 0 Å². The van der Waals surface area contributed by atoms with E-state index >= 15 is 0 Å². The van der Waals surface area contributed by atoms with Crippen molar-refractivity contribution in [1.82, 2.24) is 4.98 Å². The van der Waals surface area contributed by atoms with Crippen LogP contribution in [0.2, 0.25) is 0 Å². The lowest BCUT2D eigenvalue weighted by Gasteiger charge is -2.33. The molecule has 3 rings (SSSR count). The molecule has 1 aliphatic carbocycles. The molecule has 2 nitrogen and oxygen atoms in total. The summed E-state index contributed by atoms with van der Waals surface area (Å²) in [6.45, 7) is 1.40. The molecule has 1 spiro atoms. The first-order chi connectivity index (χ1) is 7.63. The zero-order valence-electron chi connectivity index (χ0n) is 9.00. The lowest BCUT2D eigenvalue weighted by molar-refractivity contribution is 0.0536. The molecule has 2 fully saturated rings. The third-order valence-corrected chi connectivity index (χ3v) is 3.91. The topological polar surface area (TPSA) is 16.1 Å². The van der Waals surface area contributed by atoms with Crippen molar-refractivity contribution >= 4 is 5.82 Å². The summed E-state index contributed by atoms with van der Waals surface area (Å²) in [5.41, 5.74) is -0.668. The van der Waals surface area contributed by atoms with E-state index < -0.39 is 11.3 Å². The average Bonchev–Trinajstić information content (AvgIpc) is 2.82. The third kappa shape index (κ3) is 1.39. The van der Waals surface area contributed by atoms with E-state index in [4.69, 9.17) is 0 Å². The van der Waals surface area contributed by atoms with Gasteiger partial charge in [-0.1, -0.05) is 6.07 Å². The third-order valence-electron chi connectivity index (χ3n) is 3.91. The van der Waals surface area contributed by atoms with Gasteiger partial charge in [0, 0.05) is 31.1 Å². The Morgan fingerprint density at radius 3 is 2.38 bits per heavy atom. The molecule has 0 aromatic carbocycles. The standard InChI is InChI=1S/C12H14F2N2/c13-12(14)9-11(12)4-7-16(8-5-11)10-3-1-2-6-15-10/h1-3,6H,4-5,7-9H2. The maximum Gasteiger partial charge on any atom is 0.254 e. The minimum Gasteiger partial charge on any atom is -0.357 e. The number of aromatic nitrogens is 1. The maximum atomic E-state index is 13.2. The first-order valence-corrected chi connectivity index (χ1v) is 5.67. The van der Waals surface area contributed by atoms with E-state index in [0.717, 1.165) is 5.82 Å². The Morgan fingerprint density at radius 1 is 1.19 bits per heavy atom. The Hall–Kier alpha value is -1.19. The lowest BCUT2D eigenvalue weighted by Crippen LogP contribution is -2.36. The van der Waals surface area contributed by atoms with Crippen LogP contribution in [0.15, 0.2) is 24.4 Å². The number of halogens is 2. The number of hydrogen-bond acceptors (Lipinski definition) is 2. The molecule has 0 bridgehead atoms. The maximum absolute atomic E-state index is 13.2. The van der Waals surface area contributed by atoms with Crippen LogP contribution in [-0.2, 0) is 0 Å². The molecule has 1 saturated carbocycles. The minimum atomic E-state index is -2.40. The second kappa shape index (κ2) is 3.15. The Balaban J connectivity index is 1.68. The van der Waals surface area contributed by atoms with Gasteiger partial charge in [-0.25, -0.2) is 13.8 Å². The highest BCUT2D eigenvalue weighted by Crippen LogP contribution is 2.65. The first kappa shape index (κ1) is 10.00. The van der Waals surface area contributed by atoms with E-state index in [1.54, 1.807) is 6.20 Å². The van der Waals surface area contributed by atoms with Gasteiger partial charge in [-0.3, -0.25) is 0 Å². The van der Waals surface area contributed by atoms with E-state index in [1.165, 1.54) is 0 Å². The fourth-order valence-electron chi connectivity index (χ4n) is 2.63. The van der Waals surface area contributed by atoms with Gasteiger partial charge in [0.1, 0.15) is 5.82 Å². The number of rotatable bonds is 1. The van der Waals surface area contributed by atoms with Gasteiger partial charge >= 0.3 is 0 Å². The molecule has 1 aromatic rings. The van der Waals surface area contributed by atoms with E-state index in [0.29, 0.717) is 25.9 Å². The van der Waals surface area contributed by atoms with E-state index in [2.05, 4.69) is 9.88 Å². The molecule has 0 N–H and O–H groups in total. The summed E-state index contributed by atoms with van der Waals surface area (Å²) in [6.07, 6.45) is 3.02. The van der Waals surface area contributed by atoms with Gasteiger partial charge in [0.05, 0.1) is 0 Å². The summed E-state index contributed by atoms with van der Waals surface area (Å²) >= 11 is 0. The van der Waals surface area contributed by atoms with Crippen LogP contribution >= 0.6 is 0 Å². The molecule has 4 heteroatoms. The van der Waals surface area contributed by atoms with Crippen molar-refractivity contribution in [1.29, 1.82) is 0 Å². The van der Waals surface area contributed by atoms with Crippen LogP contribution in [-0.4, -0.2) is 24.0 Å². The Bertz CT molecular complexity index is 383. The SMILES string of the molecule is FC1(F)CC12CCN(c1ccccn1)CC2. The molecule has 1 aliphatic heterocycles. The van der Waals surface area contributed by atoms with Crippen molar-refractivity contribution in [3.63, 3.8) is 0 Å². The number of nitrogens with zero attached hydrogens (tertiary/aromatic N) is 2. The smallest absolute Gasteiger partial charge is 0.254 e. The first-order valence-electron chi connectivity index (χ1n) is 5.67. The Kier molecular flexibility index (Phi) is 1.97. The molecule has 86 valence electrons. The Labute approximate surface area is 93.3 Å². The minimum absolute atomic E-state index is 0.0933. The van der Waals surface area contributed by atoms with Crippen LogP contribution in [0.25, 0.3) is 0 Å². The number of hydrogen-bond donors (Lipinski definition) is 0. The van der Waals surface area contributed by atoms with Crippen LogP contribution in [0.5, 0.6) is 0 Å². The molecular weight excluding hydrogens is 210 g/mol. The summed E-state index contributed by atoms with van der Waals surface area (Å²) < 4.78 is 26.3. The number of piperidine rings is 1. The summed E-state index contributed by atoms with van der Waals surface area (Å²) in [5.74, 6) is -1.50. The zero-order chi connectivity index (χ0) is 11.2. The van der Waals surface area contributed by atoms with E-state index in [1.807, 2.05) is 18.2 Å². The summed E-state index contributed by atoms with van der Waals surface area (Å²) in [6, 6.07) is 5.73. The fraction of sp³-hybridized carbons (Fsp3) is 0.583. The van der Waals surface area contributed by atoms with Gasteiger partial charge in [-0.2, -0.15) is 0 Å². The lowest BCUT2D eigenvalue weighted by atomic mass is 9.93. The highest BCUT2D eigenvalue weighted by atomic mass is 19.3. The van der Waals surface area contributed by atoms with Crippen LogP contribution in [0.4, 0.5) is 14.6 Å². The molecular formula is C12H14F2N2. The van der Waals surface area contributed by atoms with Crippen molar-refractivity contribution in [2.24, 2.45) is 5.41 Å². The van der Waals surface area contributed by atoms with Crippen molar-refractivity contribution in [2.75, 3.05) is 18.0 Å². The summed E-state index contributed by atoms with van der Waals surface area (Å²) in [5, 5.41) is 0. The van der Waals surface area contributed by atoms with Gasteiger partial charge < -0.3 is 4.90 Å². The normalized spacial score (nSPS) is 25.8. The second-order valence-corrected chi connectivity index (χ2v) is 4.84. The quantitative estimate of drug-likeness (QED) is 0.729. The highest BCUT2D eigenvalue weighted by Gasteiger charge is 2.70. The van der Waals surface area contributed by atoms with Crippen LogP contribution in [0, 0.1) is 5.41 Å². The van der Waals surface area contributed by atoms with Crippen molar-refractivity contribution in [2.45, 2.75) is 25.2 Å². The summed E-state index contributed by atoms with van der Waals surface area (Å²) in [4.78, 5) is 6.34. The van der Waals surface area contributed by atoms with Crippen LogP contribution in [0.3, 0.4) is 0 Å². The molecule has 0 unspecified atom stereocenters. The van der Waals surface area contributed by atoms with Crippen molar-refractivity contribution in [3.05, 3.63) is 24.4 Å². The fourth-order valence-corrected chi connectivity index (χ4v) is 2.63. The highest BCUT2D eigenvalue weighted by molar-refractivity contribution is 5.39. The van der Waals surface area contributed by atoms with Crippen LogP contribution in [0.1, 0.15) is 19.3 Å². The van der Waals surface area contributed by atoms with E-state index in [-0.39, 0.29) is 6.42 Å². The van der Waals surface area contributed by atoms with Crippen LogP contribution < -0.4 is 4.90 Å². The molecule has 0 radical (unpaired) electrons. The predicted molar refractivity (Wildman–Crippen MR) is 57.7 cm³/mol. The van der Waals surface area contributed by atoms with Gasteiger partial charge in [-0.15, -0.1) is 0 Å². The molecule has 2 aliphatic rings. The molecule has 16 heavy (non-hydrogen) atoms. The van der Waals surface area contributed by atoms with Gasteiger partial charge in [-0.05, 0) is 25.0 Å². The molecule has 0 atom stereocenters. The van der Waals surface area contributed by atoms with Crippen molar-refractivity contribution < 1.29 is 8.78 Å². The molecule has 0 amide bonds. The number of alkyl halides is 2. The largest absolute Gasteiger partial charge is 0.357 e. The van der Waals surface area contributed by atoms with Gasteiger partial charge in [0.25, 0.3) is 5.92 Å². The second-order valence-electron chi connectivity index (χ2n) is 4.84. The number of anilines is 1. The number of pyridine rings is 1. The average molecular weight is 224 g/mol. The predicted octanol–water partition coefficient (Wildman–Crippen LogP) is 2.71. The zero-order valence-corrected chi connectivity index (χ0v) is 9.00. The molecule has 2 heterocycles. The van der Waals surface area contributed by atoms with Gasteiger partial charge in [0.2, 0.25) is 0 Å².